The molecule has 0 heterocycles. The second kappa shape index (κ2) is 7.03. The Balaban J connectivity index is 2.42. The summed E-state index contributed by atoms with van der Waals surface area (Å²) in [7, 11) is -3.37. The van der Waals surface area contributed by atoms with E-state index in [0.29, 0.717) is 19.4 Å². The number of amides is 1. The van der Waals surface area contributed by atoms with Gasteiger partial charge in [0.05, 0.1) is 11.2 Å². The van der Waals surface area contributed by atoms with Crippen LogP contribution >= 0.6 is 0 Å². The van der Waals surface area contributed by atoms with Gasteiger partial charge < -0.3 is 10.4 Å². The summed E-state index contributed by atoms with van der Waals surface area (Å²) < 4.78 is 25.1. The summed E-state index contributed by atoms with van der Waals surface area (Å²) in [6.45, 7) is 1.97. The molecule has 1 aliphatic rings. The van der Waals surface area contributed by atoms with Gasteiger partial charge in [0.15, 0.2) is 0 Å². The molecule has 0 spiro atoms. The van der Waals surface area contributed by atoms with Gasteiger partial charge in [-0.15, -0.1) is 0 Å². The van der Waals surface area contributed by atoms with Gasteiger partial charge in [-0.05, 0) is 12.8 Å². The summed E-state index contributed by atoms with van der Waals surface area (Å²) >= 11 is 0. The van der Waals surface area contributed by atoms with Crippen molar-refractivity contribution in [2.24, 2.45) is 5.41 Å². The normalized spacial score (nSPS) is 17.9. The molecule has 1 fully saturated rings. The molecule has 0 saturated heterocycles. The standard InChI is InChI=1S/C12H22N2O5S/c1-2-14-20(18,19)8-7-13-10(15)9-12(11(16)17)5-3-4-6-12/h14H,2-9H2,1H3,(H,13,15)(H,16,17). The van der Waals surface area contributed by atoms with Crippen LogP contribution in [0.15, 0.2) is 0 Å². The molecule has 116 valence electrons. The number of carboxylic acid groups (broad SMARTS) is 1. The van der Waals surface area contributed by atoms with Gasteiger partial charge in [0.1, 0.15) is 0 Å². The maximum absolute atomic E-state index is 11.8. The van der Waals surface area contributed by atoms with Crippen molar-refractivity contribution in [3.63, 3.8) is 0 Å². The minimum atomic E-state index is -3.37. The molecule has 0 aromatic carbocycles. The monoisotopic (exact) mass is 306 g/mol. The molecule has 0 atom stereocenters. The zero-order valence-electron chi connectivity index (χ0n) is 11.6. The molecule has 7 nitrogen and oxygen atoms in total. The highest BCUT2D eigenvalue weighted by Gasteiger charge is 2.42. The third-order valence-electron chi connectivity index (χ3n) is 3.57. The second-order valence-corrected chi connectivity index (χ2v) is 7.06. The highest BCUT2D eigenvalue weighted by Crippen LogP contribution is 2.41. The van der Waals surface area contributed by atoms with Crippen LogP contribution in [0.25, 0.3) is 0 Å². The fourth-order valence-electron chi connectivity index (χ4n) is 2.50. The van der Waals surface area contributed by atoms with E-state index in [9.17, 15) is 23.1 Å². The van der Waals surface area contributed by atoms with Gasteiger partial charge in [-0.3, -0.25) is 9.59 Å². The van der Waals surface area contributed by atoms with E-state index in [1.54, 1.807) is 6.92 Å². The van der Waals surface area contributed by atoms with Gasteiger partial charge in [-0.25, -0.2) is 13.1 Å². The number of nitrogens with one attached hydrogen (secondary N) is 2. The SMILES string of the molecule is CCNS(=O)(=O)CCNC(=O)CC1(C(=O)O)CCCC1. The lowest BCUT2D eigenvalue weighted by atomic mass is 9.82. The van der Waals surface area contributed by atoms with Gasteiger partial charge >= 0.3 is 5.97 Å². The summed E-state index contributed by atoms with van der Waals surface area (Å²) in [6, 6.07) is 0. The molecular weight excluding hydrogens is 284 g/mol. The Hall–Kier alpha value is -1.15. The molecule has 0 bridgehead atoms. The average Bonchev–Trinajstić information content (AvgIpc) is 2.78. The van der Waals surface area contributed by atoms with Crippen molar-refractivity contribution in [2.75, 3.05) is 18.8 Å². The van der Waals surface area contributed by atoms with E-state index in [1.165, 1.54) is 0 Å². The number of hydrogen-bond donors (Lipinski definition) is 3. The van der Waals surface area contributed by atoms with Gasteiger partial charge in [0.25, 0.3) is 0 Å². The number of carboxylic acids is 1. The molecule has 1 amide bonds. The largest absolute Gasteiger partial charge is 0.481 e. The lowest BCUT2D eigenvalue weighted by Gasteiger charge is -2.22. The first-order valence-corrected chi connectivity index (χ1v) is 8.44. The van der Waals surface area contributed by atoms with Crippen LogP contribution in [0.3, 0.4) is 0 Å². The minimum absolute atomic E-state index is 0.0101. The maximum Gasteiger partial charge on any atom is 0.310 e. The molecule has 20 heavy (non-hydrogen) atoms. The fraction of sp³-hybridized carbons (Fsp3) is 0.833. The molecular formula is C12H22N2O5S. The lowest BCUT2D eigenvalue weighted by molar-refractivity contribution is -0.151. The van der Waals surface area contributed by atoms with Gasteiger partial charge in [0, 0.05) is 19.5 Å². The molecule has 0 radical (unpaired) electrons. The Labute approximate surface area is 119 Å². The Morgan fingerprint density at radius 2 is 1.85 bits per heavy atom. The molecule has 8 heteroatoms. The number of aliphatic carboxylic acids is 1. The number of sulfonamides is 1. The number of hydrogen-bond acceptors (Lipinski definition) is 4. The van der Waals surface area contributed by atoms with E-state index in [1.807, 2.05) is 0 Å². The quantitative estimate of drug-likeness (QED) is 0.588. The topological polar surface area (TPSA) is 113 Å². The van der Waals surface area contributed by atoms with Crippen LogP contribution in [0.2, 0.25) is 0 Å². The second-order valence-electron chi connectivity index (χ2n) is 5.14. The third-order valence-corrected chi connectivity index (χ3v) is 5.04. The van der Waals surface area contributed by atoms with E-state index in [4.69, 9.17) is 0 Å². The molecule has 1 rings (SSSR count). The van der Waals surface area contributed by atoms with E-state index in [0.717, 1.165) is 12.8 Å². The van der Waals surface area contributed by atoms with Crippen LogP contribution in [0.5, 0.6) is 0 Å². The first-order valence-electron chi connectivity index (χ1n) is 6.79. The molecule has 3 N–H and O–H groups in total. The number of carbonyl (C=O) groups is 2. The van der Waals surface area contributed by atoms with Crippen LogP contribution in [0.1, 0.15) is 39.0 Å². The molecule has 0 aromatic rings. The summed E-state index contributed by atoms with van der Waals surface area (Å²) in [4.78, 5) is 23.1. The van der Waals surface area contributed by atoms with E-state index < -0.39 is 27.3 Å². The molecule has 0 unspecified atom stereocenters. The van der Waals surface area contributed by atoms with Crippen LogP contribution in [0.4, 0.5) is 0 Å². The highest BCUT2D eigenvalue weighted by atomic mass is 32.2. The first-order chi connectivity index (χ1) is 9.31. The van der Waals surface area contributed by atoms with Crippen molar-refractivity contribution in [1.29, 1.82) is 0 Å². The first kappa shape index (κ1) is 16.9. The van der Waals surface area contributed by atoms with Gasteiger partial charge in [0.2, 0.25) is 15.9 Å². The summed E-state index contributed by atoms with van der Waals surface area (Å²) in [5.41, 5.74) is -0.968. The van der Waals surface area contributed by atoms with Crippen molar-refractivity contribution in [1.82, 2.24) is 10.0 Å². The Morgan fingerprint density at radius 1 is 1.25 bits per heavy atom. The highest BCUT2D eigenvalue weighted by molar-refractivity contribution is 7.89. The maximum atomic E-state index is 11.8. The Kier molecular flexibility index (Phi) is 5.94. The Bertz CT molecular complexity index is 454. The predicted molar refractivity (Wildman–Crippen MR) is 73.6 cm³/mol. The van der Waals surface area contributed by atoms with Crippen molar-refractivity contribution < 1.29 is 23.1 Å². The fourth-order valence-corrected chi connectivity index (χ4v) is 3.46. The number of carbonyl (C=O) groups excluding carboxylic acids is 1. The van der Waals surface area contributed by atoms with Gasteiger partial charge in [-0.1, -0.05) is 19.8 Å². The minimum Gasteiger partial charge on any atom is -0.481 e. The van der Waals surface area contributed by atoms with Crippen LogP contribution in [0, 0.1) is 5.41 Å². The lowest BCUT2D eigenvalue weighted by Crippen LogP contribution is -2.38. The Morgan fingerprint density at radius 3 is 2.35 bits per heavy atom. The summed E-state index contributed by atoms with van der Waals surface area (Å²) in [6.07, 6.45) is 2.56. The average molecular weight is 306 g/mol. The number of rotatable bonds is 8. The van der Waals surface area contributed by atoms with E-state index >= 15 is 0 Å². The zero-order chi connectivity index (χ0) is 15.2. The predicted octanol–water partition coefficient (Wildman–Crippen LogP) is 0.0770. The van der Waals surface area contributed by atoms with Crippen LogP contribution in [-0.2, 0) is 19.6 Å². The van der Waals surface area contributed by atoms with E-state index in [2.05, 4.69) is 10.0 Å². The molecule has 0 aromatic heterocycles. The smallest absolute Gasteiger partial charge is 0.310 e. The molecule has 0 aliphatic heterocycles. The molecule has 1 aliphatic carbocycles. The zero-order valence-corrected chi connectivity index (χ0v) is 12.5. The molecule has 1 saturated carbocycles. The van der Waals surface area contributed by atoms with Crippen molar-refractivity contribution in [3.8, 4) is 0 Å². The van der Waals surface area contributed by atoms with Crippen LogP contribution < -0.4 is 10.0 Å². The van der Waals surface area contributed by atoms with Crippen molar-refractivity contribution in [2.45, 2.75) is 39.0 Å². The van der Waals surface area contributed by atoms with Crippen molar-refractivity contribution >= 4 is 21.9 Å². The van der Waals surface area contributed by atoms with Gasteiger partial charge in [-0.2, -0.15) is 0 Å². The summed E-state index contributed by atoms with van der Waals surface area (Å²) in [5, 5.41) is 11.7. The van der Waals surface area contributed by atoms with Crippen LogP contribution in [-0.4, -0.2) is 44.2 Å². The third kappa shape index (κ3) is 4.75. The summed E-state index contributed by atoms with van der Waals surface area (Å²) in [5.74, 6) is -1.54. The van der Waals surface area contributed by atoms with E-state index in [-0.39, 0.29) is 18.7 Å². The van der Waals surface area contributed by atoms with Crippen molar-refractivity contribution in [3.05, 3.63) is 0 Å².